The van der Waals surface area contributed by atoms with Crippen LogP contribution in [0.2, 0.25) is 0 Å². The van der Waals surface area contributed by atoms with Crippen molar-refractivity contribution in [3.63, 3.8) is 0 Å². The fourth-order valence-corrected chi connectivity index (χ4v) is 4.42. The van der Waals surface area contributed by atoms with Crippen molar-refractivity contribution in [3.8, 4) is 0 Å². The molecule has 1 heterocycles. The Bertz CT molecular complexity index is 890. The standard InChI is InChI=1S/C26H36FN3O/c1-18-9-10-25(27)24(20(18)3)16-19(2)26(31)29-22-7-4-8-23(17-22)30-14-11-21(12-15-30)6-5-13-28/h4,7-10,17,19,21H,5-6,11-16,28H2,1-3H3,(H,29,31). The van der Waals surface area contributed by atoms with E-state index >= 15 is 0 Å². The first-order valence-electron chi connectivity index (χ1n) is 11.5. The van der Waals surface area contributed by atoms with Gasteiger partial charge in [0.2, 0.25) is 5.91 Å². The smallest absolute Gasteiger partial charge is 0.227 e. The lowest BCUT2D eigenvalue weighted by atomic mass is 9.92. The summed E-state index contributed by atoms with van der Waals surface area (Å²) in [5.74, 6) is 0.128. The second-order valence-electron chi connectivity index (χ2n) is 8.97. The third-order valence-electron chi connectivity index (χ3n) is 6.68. The van der Waals surface area contributed by atoms with Crippen LogP contribution in [0.1, 0.15) is 49.3 Å². The molecule has 1 aliphatic heterocycles. The van der Waals surface area contributed by atoms with Gasteiger partial charge in [-0.15, -0.1) is 0 Å². The Balaban J connectivity index is 1.59. The van der Waals surface area contributed by atoms with Crippen LogP contribution in [0.5, 0.6) is 0 Å². The summed E-state index contributed by atoms with van der Waals surface area (Å²) in [6.07, 6.45) is 5.10. The molecule has 5 heteroatoms. The van der Waals surface area contributed by atoms with Gasteiger partial charge in [0, 0.05) is 30.4 Å². The first-order valence-corrected chi connectivity index (χ1v) is 11.5. The van der Waals surface area contributed by atoms with Crippen molar-refractivity contribution < 1.29 is 9.18 Å². The van der Waals surface area contributed by atoms with E-state index in [1.807, 2.05) is 39.0 Å². The van der Waals surface area contributed by atoms with E-state index in [2.05, 4.69) is 16.3 Å². The minimum absolute atomic E-state index is 0.0852. The molecule has 0 spiro atoms. The van der Waals surface area contributed by atoms with Gasteiger partial charge in [0.05, 0.1) is 0 Å². The van der Waals surface area contributed by atoms with Crippen LogP contribution < -0.4 is 16.0 Å². The number of hydrogen-bond donors (Lipinski definition) is 2. The molecule has 31 heavy (non-hydrogen) atoms. The lowest BCUT2D eigenvalue weighted by Gasteiger charge is -2.34. The lowest BCUT2D eigenvalue weighted by Crippen LogP contribution is -2.33. The lowest BCUT2D eigenvalue weighted by molar-refractivity contribution is -0.119. The normalized spacial score (nSPS) is 15.7. The number of anilines is 2. The molecule has 0 bridgehead atoms. The van der Waals surface area contributed by atoms with Gasteiger partial charge in [-0.2, -0.15) is 0 Å². The summed E-state index contributed by atoms with van der Waals surface area (Å²) < 4.78 is 14.3. The first kappa shape index (κ1) is 23.3. The molecule has 1 unspecified atom stereocenters. The zero-order valence-corrected chi connectivity index (χ0v) is 19.1. The van der Waals surface area contributed by atoms with Crippen LogP contribution in [-0.2, 0) is 11.2 Å². The monoisotopic (exact) mass is 425 g/mol. The van der Waals surface area contributed by atoms with Crippen molar-refractivity contribution in [3.05, 3.63) is 58.9 Å². The highest BCUT2D eigenvalue weighted by Crippen LogP contribution is 2.28. The topological polar surface area (TPSA) is 58.4 Å². The van der Waals surface area contributed by atoms with E-state index in [4.69, 9.17) is 5.73 Å². The second-order valence-corrected chi connectivity index (χ2v) is 8.97. The zero-order valence-electron chi connectivity index (χ0n) is 19.1. The Hall–Kier alpha value is -2.40. The Morgan fingerprint density at radius 1 is 1.23 bits per heavy atom. The fraction of sp³-hybridized carbons (Fsp3) is 0.500. The van der Waals surface area contributed by atoms with Gasteiger partial charge in [0.25, 0.3) is 0 Å². The van der Waals surface area contributed by atoms with Gasteiger partial charge in [0.15, 0.2) is 0 Å². The number of hydrogen-bond acceptors (Lipinski definition) is 3. The van der Waals surface area contributed by atoms with Crippen LogP contribution in [-0.4, -0.2) is 25.5 Å². The number of benzene rings is 2. The molecule has 1 saturated heterocycles. The van der Waals surface area contributed by atoms with Crippen LogP contribution >= 0.6 is 0 Å². The minimum atomic E-state index is -0.322. The van der Waals surface area contributed by atoms with Crippen molar-refractivity contribution in [1.82, 2.24) is 0 Å². The van der Waals surface area contributed by atoms with Gasteiger partial charge in [-0.25, -0.2) is 4.39 Å². The van der Waals surface area contributed by atoms with Crippen LogP contribution in [0, 0.1) is 31.5 Å². The maximum absolute atomic E-state index is 14.3. The number of halogens is 1. The Morgan fingerprint density at radius 2 is 1.97 bits per heavy atom. The zero-order chi connectivity index (χ0) is 22.4. The molecular formula is C26H36FN3O. The molecule has 0 aromatic heterocycles. The molecule has 1 atom stereocenters. The summed E-state index contributed by atoms with van der Waals surface area (Å²) in [6, 6.07) is 11.3. The van der Waals surface area contributed by atoms with Crippen molar-refractivity contribution in [1.29, 1.82) is 0 Å². The van der Waals surface area contributed by atoms with E-state index in [0.29, 0.717) is 12.0 Å². The number of carbonyl (C=O) groups excluding carboxylic acids is 1. The summed E-state index contributed by atoms with van der Waals surface area (Å²) in [5.41, 5.74) is 10.2. The van der Waals surface area contributed by atoms with Crippen LogP contribution in [0.25, 0.3) is 0 Å². The van der Waals surface area contributed by atoms with Crippen LogP contribution in [0.3, 0.4) is 0 Å². The average molecular weight is 426 g/mol. The summed E-state index contributed by atoms with van der Waals surface area (Å²) in [5, 5.41) is 3.03. The SMILES string of the molecule is Cc1ccc(F)c(CC(C)C(=O)Nc2cccc(N3CCC(CCCN)CC3)c2)c1C. The van der Waals surface area contributed by atoms with E-state index in [-0.39, 0.29) is 17.6 Å². The average Bonchev–Trinajstić information content (AvgIpc) is 2.78. The molecule has 1 aliphatic rings. The van der Waals surface area contributed by atoms with Gasteiger partial charge in [-0.1, -0.05) is 19.1 Å². The number of aryl methyl sites for hydroxylation is 1. The molecule has 0 radical (unpaired) electrons. The molecule has 2 aromatic carbocycles. The van der Waals surface area contributed by atoms with Gasteiger partial charge in [-0.3, -0.25) is 4.79 Å². The highest BCUT2D eigenvalue weighted by atomic mass is 19.1. The molecule has 0 aliphatic carbocycles. The molecular weight excluding hydrogens is 389 g/mol. The maximum Gasteiger partial charge on any atom is 0.227 e. The summed E-state index contributed by atoms with van der Waals surface area (Å²) in [7, 11) is 0. The molecule has 3 N–H and O–H groups in total. The summed E-state index contributed by atoms with van der Waals surface area (Å²) >= 11 is 0. The van der Waals surface area contributed by atoms with Crippen molar-refractivity contribution in [2.75, 3.05) is 29.9 Å². The molecule has 3 rings (SSSR count). The molecule has 1 amide bonds. The van der Waals surface area contributed by atoms with Gasteiger partial charge >= 0.3 is 0 Å². The third kappa shape index (κ3) is 6.07. The third-order valence-corrected chi connectivity index (χ3v) is 6.68. The Morgan fingerprint density at radius 3 is 2.68 bits per heavy atom. The number of nitrogens with two attached hydrogens (primary N) is 1. The van der Waals surface area contributed by atoms with Gasteiger partial charge in [-0.05, 0) is 99.4 Å². The van der Waals surface area contributed by atoms with Crippen molar-refractivity contribution >= 4 is 17.3 Å². The Kier molecular flexibility index (Phi) is 8.08. The first-order chi connectivity index (χ1) is 14.9. The quantitative estimate of drug-likeness (QED) is 0.610. The number of piperidine rings is 1. The summed E-state index contributed by atoms with van der Waals surface area (Å²) in [6.45, 7) is 8.59. The molecule has 1 fully saturated rings. The minimum Gasteiger partial charge on any atom is -0.371 e. The summed E-state index contributed by atoms with van der Waals surface area (Å²) in [4.78, 5) is 15.2. The van der Waals surface area contributed by atoms with Gasteiger partial charge in [0.1, 0.15) is 5.82 Å². The number of amides is 1. The van der Waals surface area contributed by atoms with E-state index in [1.54, 1.807) is 6.07 Å². The van der Waals surface area contributed by atoms with Crippen molar-refractivity contribution in [2.24, 2.45) is 17.6 Å². The number of rotatable bonds is 8. The maximum atomic E-state index is 14.3. The van der Waals surface area contributed by atoms with Gasteiger partial charge < -0.3 is 16.0 Å². The second kappa shape index (κ2) is 10.8. The predicted octanol–water partition coefficient (Wildman–Crippen LogP) is 5.22. The van der Waals surface area contributed by atoms with E-state index in [9.17, 15) is 9.18 Å². The van der Waals surface area contributed by atoms with Crippen LogP contribution in [0.15, 0.2) is 36.4 Å². The molecule has 4 nitrogen and oxygen atoms in total. The number of nitrogens with zero attached hydrogens (tertiary/aromatic N) is 1. The van der Waals surface area contributed by atoms with Crippen molar-refractivity contribution in [2.45, 2.75) is 52.9 Å². The largest absolute Gasteiger partial charge is 0.371 e. The highest BCUT2D eigenvalue weighted by molar-refractivity contribution is 5.93. The van der Waals surface area contributed by atoms with Crippen LogP contribution in [0.4, 0.5) is 15.8 Å². The molecule has 2 aromatic rings. The predicted molar refractivity (Wildman–Crippen MR) is 127 cm³/mol. The number of nitrogens with one attached hydrogen (secondary N) is 1. The van der Waals surface area contributed by atoms with E-state index < -0.39 is 0 Å². The Labute approximate surface area is 186 Å². The van der Waals surface area contributed by atoms with E-state index in [0.717, 1.165) is 54.5 Å². The molecule has 168 valence electrons. The fourth-order valence-electron chi connectivity index (χ4n) is 4.42. The number of carbonyl (C=O) groups is 1. The molecule has 0 saturated carbocycles. The van der Waals surface area contributed by atoms with E-state index in [1.165, 1.54) is 25.3 Å². The highest BCUT2D eigenvalue weighted by Gasteiger charge is 2.21.